The lowest BCUT2D eigenvalue weighted by atomic mass is 9.92. The van der Waals surface area contributed by atoms with E-state index in [-0.39, 0.29) is 0 Å². The number of rotatable bonds is 5. The molecule has 0 aliphatic heterocycles. The largest absolute Gasteiger partial charge is 0.494 e. The molecular formula is C16H22N2O. The summed E-state index contributed by atoms with van der Waals surface area (Å²) >= 11 is 0. The highest BCUT2D eigenvalue weighted by Gasteiger charge is 2.16. The van der Waals surface area contributed by atoms with Gasteiger partial charge in [-0.25, -0.2) is 0 Å². The van der Waals surface area contributed by atoms with E-state index in [1.807, 2.05) is 0 Å². The summed E-state index contributed by atoms with van der Waals surface area (Å²) in [5, 5.41) is 8.83. The molecule has 0 fully saturated rings. The average Bonchev–Trinajstić information content (AvgIpc) is 2.43. The molecule has 1 aliphatic rings. The van der Waals surface area contributed by atoms with Crippen molar-refractivity contribution in [3.63, 3.8) is 0 Å². The molecule has 2 N–H and O–H groups in total. The van der Waals surface area contributed by atoms with Crippen molar-refractivity contribution in [2.24, 2.45) is 5.73 Å². The molecule has 0 heterocycles. The van der Waals surface area contributed by atoms with E-state index in [0.717, 1.165) is 12.2 Å². The summed E-state index contributed by atoms with van der Waals surface area (Å²) in [5.41, 5.74) is 7.94. The van der Waals surface area contributed by atoms with Crippen LogP contribution in [-0.2, 0) is 12.8 Å². The van der Waals surface area contributed by atoms with E-state index in [1.165, 1.54) is 36.8 Å². The first kappa shape index (κ1) is 13.9. The second-order valence-electron chi connectivity index (χ2n) is 5.62. The number of hydrogen-bond acceptors (Lipinski definition) is 3. The molecule has 0 saturated carbocycles. The number of fused-ring (bicyclic) bond motifs is 1. The van der Waals surface area contributed by atoms with Crippen LogP contribution < -0.4 is 10.5 Å². The number of hydrogen-bond donors (Lipinski definition) is 1. The fraction of sp³-hybridized carbons (Fsp3) is 0.562. The van der Waals surface area contributed by atoms with Crippen molar-refractivity contribution < 1.29 is 4.74 Å². The summed E-state index contributed by atoms with van der Waals surface area (Å²) in [5.74, 6) is 0.941. The van der Waals surface area contributed by atoms with Gasteiger partial charge in [0.2, 0.25) is 0 Å². The van der Waals surface area contributed by atoms with Gasteiger partial charge in [0.05, 0.1) is 12.7 Å². The Morgan fingerprint density at radius 2 is 2.05 bits per heavy atom. The number of nitrogens with zero attached hydrogens (tertiary/aromatic N) is 1. The molecule has 0 aromatic heterocycles. The lowest BCUT2D eigenvalue weighted by molar-refractivity contribution is 0.295. The Morgan fingerprint density at radius 3 is 2.79 bits per heavy atom. The Hall–Kier alpha value is -1.53. The lowest BCUT2D eigenvalue weighted by Gasteiger charge is -2.18. The van der Waals surface area contributed by atoms with Gasteiger partial charge in [0.1, 0.15) is 11.3 Å². The summed E-state index contributed by atoms with van der Waals surface area (Å²) in [6.07, 6.45) is 6.41. The first-order valence-electron chi connectivity index (χ1n) is 7.05. The van der Waals surface area contributed by atoms with Crippen molar-refractivity contribution >= 4 is 0 Å². The summed E-state index contributed by atoms with van der Waals surface area (Å²) in [7, 11) is 0. The number of ether oxygens (including phenoxy) is 1. The molecule has 2 rings (SSSR count). The van der Waals surface area contributed by atoms with Crippen LogP contribution in [0.1, 0.15) is 43.7 Å². The van der Waals surface area contributed by atoms with E-state index in [4.69, 9.17) is 15.7 Å². The molecule has 1 unspecified atom stereocenters. The topological polar surface area (TPSA) is 59.0 Å². The van der Waals surface area contributed by atoms with E-state index in [9.17, 15) is 0 Å². The number of nitriles is 1. The predicted molar refractivity (Wildman–Crippen MR) is 76.0 cm³/mol. The van der Waals surface area contributed by atoms with Crippen LogP contribution in [0.25, 0.3) is 0 Å². The van der Waals surface area contributed by atoms with Crippen molar-refractivity contribution in [2.45, 2.75) is 51.0 Å². The van der Waals surface area contributed by atoms with Crippen LogP contribution in [0.3, 0.4) is 0 Å². The normalized spacial score (nSPS) is 17.1. The molecule has 0 amide bonds. The van der Waals surface area contributed by atoms with Gasteiger partial charge in [-0.2, -0.15) is 5.26 Å². The lowest BCUT2D eigenvalue weighted by Crippen LogP contribution is -2.34. The highest BCUT2D eigenvalue weighted by Crippen LogP contribution is 2.25. The molecule has 1 aromatic carbocycles. The standard InChI is InChI=1S/C16H22N2O/c1-16(18,12-17)9-4-10-19-15-8-7-13-5-2-3-6-14(13)11-15/h7-8,11H,2-6,9-10,18H2,1H3. The third-order valence-corrected chi connectivity index (χ3v) is 3.68. The van der Waals surface area contributed by atoms with E-state index < -0.39 is 5.54 Å². The van der Waals surface area contributed by atoms with Gasteiger partial charge in [0.25, 0.3) is 0 Å². The SMILES string of the molecule is CC(N)(C#N)CCCOc1ccc2c(c1)CCCC2. The third kappa shape index (κ3) is 3.97. The predicted octanol–water partition coefficient (Wildman–Crippen LogP) is 2.97. The number of aryl methyl sites for hydroxylation is 2. The van der Waals surface area contributed by atoms with Crippen LogP contribution in [0.2, 0.25) is 0 Å². The molecule has 0 spiro atoms. The van der Waals surface area contributed by atoms with Crippen LogP contribution in [0.5, 0.6) is 5.75 Å². The van der Waals surface area contributed by atoms with E-state index >= 15 is 0 Å². The first-order chi connectivity index (χ1) is 9.11. The summed E-state index contributed by atoms with van der Waals surface area (Å²) < 4.78 is 5.75. The Bertz CT molecular complexity index is 474. The zero-order valence-electron chi connectivity index (χ0n) is 11.6. The minimum Gasteiger partial charge on any atom is -0.494 e. The van der Waals surface area contributed by atoms with Crippen LogP contribution >= 0.6 is 0 Å². The minimum atomic E-state index is -0.737. The van der Waals surface area contributed by atoms with Gasteiger partial charge in [-0.1, -0.05) is 6.07 Å². The maximum atomic E-state index is 8.83. The number of benzene rings is 1. The van der Waals surface area contributed by atoms with Crippen molar-refractivity contribution in [3.8, 4) is 11.8 Å². The monoisotopic (exact) mass is 258 g/mol. The van der Waals surface area contributed by atoms with Gasteiger partial charge >= 0.3 is 0 Å². The molecule has 1 atom stereocenters. The smallest absolute Gasteiger partial charge is 0.119 e. The van der Waals surface area contributed by atoms with Gasteiger partial charge in [-0.3, -0.25) is 0 Å². The molecule has 3 heteroatoms. The second-order valence-corrected chi connectivity index (χ2v) is 5.62. The fourth-order valence-electron chi connectivity index (χ4n) is 2.48. The zero-order chi connectivity index (χ0) is 13.7. The van der Waals surface area contributed by atoms with Crippen LogP contribution in [0, 0.1) is 11.3 Å². The first-order valence-corrected chi connectivity index (χ1v) is 7.05. The summed E-state index contributed by atoms with van der Waals surface area (Å²) in [6.45, 7) is 2.37. The molecule has 0 radical (unpaired) electrons. The quantitative estimate of drug-likeness (QED) is 0.826. The highest BCUT2D eigenvalue weighted by molar-refractivity contribution is 5.37. The Kier molecular flexibility index (Phi) is 4.44. The Morgan fingerprint density at radius 1 is 1.32 bits per heavy atom. The van der Waals surface area contributed by atoms with Gasteiger partial charge in [-0.15, -0.1) is 0 Å². The molecule has 1 aromatic rings. The van der Waals surface area contributed by atoms with Gasteiger partial charge in [-0.05, 0) is 68.7 Å². The average molecular weight is 258 g/mol. The van der Waals surface area contributed by atoms with Gasteiger partial charge < -0.3 is 10.5 Å². The van der Waals surface area contributed by atoms with E-state index in [1.54, 1.807) is 6.92 Å². The molecule has 19 heavy (non-hydrogen) atoms. The second kappa shape index (κ2) is 6.08. The molecule has 102 valence electrons. The van der Waals surface area contributed by atoms with Crippen LogP contribution in [0.15, 0.2) is 18.2 Å². The zero-order valence-corrected chi connectivity index (χ0v) is 11.6. The molecule has 0 bridgehead atoms. The van der Waals surface area contributed by atoms with Crippen LogP contribution in [0.4, 0.5) is 0 Å². The van der Waals surface area contributed by atoms with Crippen LogP contribution in [-0.4, -0.2) is 12.1 Å². The van der Waals surface area contributed by atoms with Crippen molar-refractivity contribution in [1.82, 2.24) is 0 Å². The molecule has 3 nitrogen and oxygen atoms in total. The maximum absolute atomic E-state index is 8.83. The molecule has 1 aliphatic carbocycles. The minimum absolute atomic E-state index is 0.618. The van der Waals surface area contributed by atoms with Crippen molar-refractivity contribution in [1.29, 1.82) is 5.26 Å². The number of nitrogens with two attached hydrogens (primary N) is 1. The third-order valence-electron chi connectivity index (χ3n) is 3.68. The Balaban J connectivity index is 1.82. The highest BCUT2D eigenvalue weighted by atomic mass is 16.5. The molecule has 0 saturated heterocycles. The van der Waals surface area contributed by atoms with Gasteiger partial charge in [0.15, 0.2) is 0 Å². The van der Waals surface area contributed by atoms with Crippen molar-refractivity contribution in [3.05, 3.63) is 29.3 Å². The summed E-state index contributed by atoms with van der Waals surface area (Å²) in [6, 6.07) is 8.51. The van der Waals surface area contributed by atoms with E-state index in [2.05, 4.69) is 24.3 Å². The molecular weight excluding hydrogens is 236 g/mol. The Labute approximate surface area is 115 Å². The fourth-order valence-corrected chi connectivity index (χ4v) is 2.48. The summed E-state index contributed by atoms with van der Waals surface area (Å²) in [4.78, 5) is 0. The maximum Gasteiger partial charge on any atom is 0.119 e. The van der Waals surface area contributed by atoms with Gasteiger partial charge in [0, 0.05) is 0 Å². The van der Waals surface area contributed by atoms with Crippen molar-refractivity contribution in [2.75, 3.05) is 6.61 Å². The van der Waals surface area contributed by atoms with E-state index in [0.29, 0.717) is 13.0 Å².